The second kappa shape index (κ2) is 5.94. The first-order valence-electron chi connectivity index (χ1n) is 6.12. The molecule has 0 radical (unpaired) electrons. The van der Waals surface area contributed by atoms with E-state index in [0.717, 1.165) is 12.2 Å². The Kier molecular flexibility index (Phi) is 4.50. The Balaban J connectivity index is 2.03. The Morgan fingerprint density at radius 2 is 2.11 bits per heavy atom. The fraction of sp³-hybridized carbons (Fsp3) is 0.538. The standard InChI is InChI=1S/C13H16F3NOS/c1-9-10(6-7-19-9)17-11-4-2-3-5-12(11)18-8-13(14,15)16/h2-5,9-10,17H,6-8H2,1H3. The Morgan fingerprint density at radius 3 is 2.74 bits per heavy atom. The second-order valence-corrected chi connectivity index (χ2v) is 6.00. The van der Waals surface area contributed by atoms with Crippen molar-refractivity contribution in [3.05, 3.63) is 24.3 Å². The highest BCUT2D eigenvalue weighted by Gasteiger charge is 2.29. The molecule has 1 saturated heterocycles. The Labute approximate surface area is 114 Å². The van der Waals surface area contributed by atoms with Crippen LogP contribution in [0, 0.1) is 0 Å². The molecule has 1 aromatic carbocycles. The minimum Gasteiger partial charge on any atom is -0.482 e. The third kappa shape index (κ3) is 4.23. The first-order chi connectivity index (χ1) is 8.96. The monoisotopic (exact) mass is 291 g/mol. The van der Waals surface area contributed by atoms with Gasteiger partial charge in [0.2, 0.25) is 0 Å². The normalized spacial score (nSPS) is 23.4. The summed E-state index contributed by atoms with van der Waals surface area (Å²) in [5.74, 6) is 1.33. The fourth-order valence-electron chi connectivity index (χ4n) is 1.99. The molecule has 2 unspecified atom stereocenters. The van der Waals surface area contributed by atoms with Crippen molar-refractivity contribution >= 4 is 17.4 Å². The molecular weight excluding hydrogens is 275 g/mol. The van der Waals surface area contributed by atoms with Crippen LogP contribution in [0.2, 0.25) is 0 Å². The van der Waals surface area contributed by atoms with E-state index in [9.17, 15) is 13.2 Å². The molecule has 0 amide bonds. The quantitative estimate of drug-likeness (QED) is 0.908. The molecule has 0 aliphatic carbocycles. The van der Waals surface area contributed by atoms with Crippen molar-refractivity contribution < 1.29 is 17.9 Å². The molecule has 19 heavy (non-hydrogen) atoms. The lowest BCUT2D eigenvalue weighted by Crippen LogP contribution is -2.25. The molecular formula is C13H16F3NOS. The first-order valence-corrected chi connectivity index (χ1v) is 7.17. The highest BCUT2D eigenvalue weighted by Crippen LogP contribution is 2.32. The molecule has 0 bridgehead atoms. The van der Waals surface area contributed by atoms with E-state index in [1.165, 1.54) is 0 Å². The largest absolute Gasteiger partial charge is 0.482 e. The minimum absolute atomic E-state index is 0.254. The van der Waals surface area contributed by atoms with E-state index in [-0.39, 0.29) is 11.8 Å². The summed E-state index contributed by atoms with van der Waals surface area (Å²) >= 11 is 1.86. The number of benzene rings is 1. The van der Waals surface area contributed by atoms with Crippen molar-refractivity contribution in [1.82, 2.24) is 0 Å². The number of thioether (sulfide) groups is 1. The third-order valence-corrected chi connectivity index (χ3v) is 4.32. The van der Waals surface area contributed by atoms with Crippen molar-refractivity contribution in [3.63, 3.8) is 0 Å². The van der Waals surface area contributed by atoms with E-state index in [1.54, 1.807) is 24.3 Å². The summed E-state index contributed by atoms with van der Waals surface area (Å²) in [7, 11) is 0. The summed E-state index contributed by atoms with van der Waals surface area (Å²) in [5, 5.41) is 3.74. The maximum Gasteiger partial charge on any atom is 0.422 e. The fourth-order valence-corrected chi connectivity index (χ4v) is 3.19. The molecule has 1 aromatic rings. The Morgan fingerprint density at radius 1 is 1.37 bits per heavy atom. The van der Waals surface area contributed by atoms with Crippen molar-refractivity contribution in [2.45, 2.75) is 30.8 Å². The van der Waals surface area contributed by atoms with Gasteiger partial charge in [-0.15, -0.1) is 0 Å². The van der Waals surface area contributed by atoms with E-state index >= 15 is 0 Å². The lowest BCUT2D eigenvalue weighted by molar-refractivity contribution is -0.153. The van der Waals surface area contributed by atoms with E-state index in [1.807, 2.05) is 11.8 Å². The molecule has 0 saturated carbocycles. The van der Waals surface area contributed by atoms with Crippen LogP contribution < -0.4 is 10.1 Å². The van der Waals surface area contributed by atoms with E-state index in [0.29, 0.717) is 10.9 Å². The van der Waals surface area contributed by atoms with Crippen LogP contribution in [-0.4, -0.2) is 29.8 Å². The third-order valence-electron chi connectivity index (χ3n) is 3.00. The molecule has 106 valence electrons. The van der Waals surface area contributed by atoms with Gasteiger partial charge in [0.05, 0.1) is 5.69 Å². The highest BCUT2D eigenvalue weighted by atomic mass is 32.2. The number of anilines is 1. The number of hydrogen-bond acceptors (Lipinski definition) is 3. The van der Waals surface area contributed by atoms with Gasteiger partial charge in [-0.05, 0) is 24.3 Å². The van der Waals surface area contributed by atoms with Gasteiger partial charge in [-0.1, -0.05) is 19.1 Å². The van der Waals surface area contributed by atoms with Crippen molar-refractivity contribution in [2.24, 2.45) is 0 Å². The Hall–Kier alpha value is -1.04. The number of para-hydroxylation sites is 2. The topological polar surface area (TPSA) is 21.3 Å². The molecule has 6 heteroatoms. The number of alkyl halides is 3. The molecule has 2 rings (SSSR count). The van der Waals surface area contributed by atoms with Crippen molar-refractivity contribution in [3.8, 4) is 5.75 Å². The zero-order chi connectivity index (χ0) is 13.9. The maximum atomic E-state index is 12.2. The average molecular weight is 291 g/mol. The predicted molar refractivity (Wildman–Crippen MR) is 71.9 cm³/mol. The molecule has 2 atom stereocenters. The molecule has 2 nitrogen and oxygen atoms in total. The smallest absolute Gasteiger partial charge is 0.422 e. The summed E-state index contributed by atoms with van der Waals surface area (Å²) in [5.41, 5.74) is 0.631. The number of hydrogen-bond donors (Lipinski definition) is 1. The maximum absolute atomic E-state index is 12.2. The zero-order valence-electron chi connectivity index (χ0n) is 10.5. The summed E-state index contributed by atoms with van der Waals surface area (Å²) in [6.07, 6.45) is -3.30. The molecule has 1 N–H and O–H groups in total. The lowest BCUT2D eigenvalue weighted by atomic mass is 10.1. The number of halogens is 3. The van der Waals surface area contributed by atoms with Gasteiger partial charge in [0.25, 0.3) is 0 Å². The highest BCUT2D eigenvalue weighted by molar-refractivity contribution is 8.00. The van der Waals surface area contributed by atoms with Gasteiger partial charge in [-0.3, -0.25) is 0 Å². The van der Waals surface area contributed by atoms with Crippen LogP contribution in [0.4, 0.5) is 18.9 Å². The second-order valence-electron chi connectivity index (χ2n) is 4.52. The van der Waals surface area contributed by atoms with Gasteiger partial charge in [-0.25, -0.2) is 0 Å². The van der Waals surface area contributed by atoms with Crippen molar-refractivity contribution in [1.29, 1.82) is 0 Å². The van der Waals surface area contributed by atoms with E-state index in [4.69, 9.17) is 4.74 Å². The van der Waals surface area contributed by atoms with E-state index in [2.05, 4.69) is 12.2 Å². The summed E-state index contributed by atoms with van der Waals surface area (Å²) in [4.78, 5) is 0. The number of ether oxygens (including phenoxy) is 1. The van der Waals surface area contributed by atoms with Crippen molar-refractivity contribution in [2.75, 3.05) is 17.7 Å². The van der Waals surface area contributed by atoms with Crippen LogP contribution in [0.25, 0.3) is 0 Å². The van der Waals surface area contributed by atoms with Gasteiger partial charge in [0, 0.05) is 11.3 Å². The molecule has 1 aliphatic heterocycles. The minimum atomic E-state index is -4.32. The van der Waals surface area contributed by atoms with Gasteiger partial charge in [0.15, 0.2) is 6.61 Å². The Bertz CT molecular complexity index is 425. The molecule has 0 aromatic heterocycles. The van der Waals surface area contributed by atoms with Crippen LogP contribution in [0.3, 0.4) is 0 Å². The lowest BCUT2D eigenvalue weighted by Gasteiger charge is -2.20. The molecule has 0 spiro atoms. The summed E-state index contributed by atoms with van der Waals surface area (Å²) in [6, 6.07) is 7.04. The SMILES string of the molecule is CC1SCCC1Nc1ccccc1OCC(F)(F)F. The van der Waals surface area contributed by atoms with Crippen LogP contribution in [0.15, 0.2) is 24.3 Å². The summed E-state index contributed by atoms with van der Waals surface area (Å²) in [6.45, 7) is 0.856. The molecule has 1 fully saturated rings. The molecule has 1 aliphatic rings. The van der Waals surface area contributed by atoms with Crippen LogP contribution in [0.5, 0.6) is 5.75 Å². The molecule has 1 heterocycles. The van der Waals surface area contributed by atoms with Crippen LogP contribution in [-0.2, 0) is 0 Å². The van der Waals surface area contributed by atoms with E-state index < -0.39 is 12.8 Å². The summed E-state index contributed by atoms with van der Waals surface area (Å²) < 4.78 is 41.4. The predicted octanol–water partition coefficient (Wildman–Crippen LogP) is 3.93. The zero-order valence-corrected chi connectivity index (χ0v) is 11.4. The van der Waals surface area contributed by atoms with Crippen LogP contribution >= 0.6 is 11.8 Å². The first kappa shape index (κ1) is 14.4. The average Bonchev–Trinajstić information content (AvgIpc) is 2.73. The van der Waals surface area contributed by atoms with Gasteiger partial charge in [-0.2, -0.15) is 24.9 Å². The number of rotatable bonds is 4. The van der Waals surface area contributed by atoms with Crippen LogP contribution in [0.1, 0.15) is 13.3 Å². The van der Waals surface area contributed by atoms with Gasteiger partial charge >= 0.3 is 6.18 Å². The van der Waals surface area contributed by atoms with Gasteiger partial charge in [0.1, 0.15) is 5.75 Å². The van der Waals surface area contributed by atoms with Gasteiger partial charge < -0.3 is 10.1 Å². The number of nitrogens with one attached hydrogen (secondary N) is 1.